The number of hydrogen-bond donors (Lipinski definition) is 0. The molecule has 1 radical (unpaired) electrons. The standard InChI is InChI=1S/C21H21/c1-3-8-16(9-4-1)19-14-18-12-7-13-20(21(18)15-19)17-10-5-2-6-11-17/h2,5-7,10-16H,1,3-4,8-9H2. The Bertz CT molecular complexity index is 658. The van der Waals surface area contributed by atoms with Crippen LogP contribution in [0.5, 0.6) is 0 Å². The van der Waals surface area contributed by atoms with Gasteiger partial charge in [-0.05, 0) is 41.0 Å². The molecule has 0 nitrogen and oxygen atoms in total. The Morgan fingerprint density at radius 3 is 2.38 bits per heavy atom. The lowest BCUT2D eigenvalue weighted by Gasteiger charge is -2.22. The fourth-order valence-corrected chi connectivity index (χ4v) is 3.80. The largest absolute Gasteiger partial charge is 0.0622 e. The van der Waals surface area contributed by atoms with Crippen molar-refractivity contribution in [2.24, 2.45) is 5.92 Å². The minimum absolute atomic E-state index is 0.787. The second-order valence-corrected chi connectivity index (χ2v) is 6.30. The van der Waals surface area contributed by atoms with Gasteiger partial charge in [-0.1, -0.05) is 79.4 Å². The van der Waals surface area contributed by atoms with Crippen LogP contribution in [0.15, 0.2) is 54.1 Å². The average Bonchev–Trinajstić information content (AvgIpc) is 3.00. The number of hydrogen-bond acceptors (Lipinski definition) is 0. The molecular formula is C21H21. The quantitative estimate of drug-likeness (QED) is 0.640. The van der Waals surface area contributed by atoms with Crippen molar-refractivity contribution in [2.45, 2.75) is 32.1 Å². The zero-order valence-electron chi connectivity index (χ0n) is 12.4. The van der Waals surface area contributed by atoms with E-state index in [0.717, 1.165) is 5.92 Å². The highest BCUT2D eigenvalue weighted by atomic mass is 14.3. The fourth-order valence-electron chi connectivity index (χ4n) is 3.80. The highest BCUT2D eigenvalue weighted by molar-refractivity contribution is 5.83. The molecule has 2 aliphatic carbocycles. The van der Waals surface area contributed by atoms with Gasteiger partial charge < -0.3 is 0 Å². The van der Waals surface area contributed by atoms with Crippen molar-refractivity contribution in [2.75, 3.05) is 0 Å². The minimum atomic E-state index is 0.787. The van der Waals surface area contributed by atoms with Gasteiger partial charge >= 0.3 is 0 Å². The van der Waals surface area contributed by atoms with Crippen LogP contribution in [0.4, 0.5) is 0 Å². The summed E-state index contributed by atoms with van der Waals surface area (Å²) in [6.07, 6.45) is 11.8. The first-order valence-corrected chi connectivity index (χ1v) is 8.16. The molecule has 0 bridgehead atoms. The summed E-state index contributed by atoms with van der Waals surface area (Å²) in [5.74, 6) is 0.787. The third kappa shape index (κ3) is 2.44. The van der Waals surface area contributed by atoms with E-state index >= 15 is 0 Å². The first kappa shape index (κ1) is 12.9. The topological polar surface area (TPSA) is 0 Å². The Balaban J connectivity index is 1.71. The molecule has 0 aromatic heterocycles. The van der Waals surface area contributed by atoms with E-state index in [2.05, 4.69) is 61.0 Å². The molecule has 2 aliphatic rings. The molecule has 105 valence electrons. The van der Waals surface area contributed by atoms with Gasteiger partial charge in [0.25, 0.3) is 0 Å². The molecule has 0 aliphatic heterocycles. The molecular weight excluding hydrogens is 252 g/mol. The summed E-state index contributed by atoms with van der Waals surface area (Å²) in [6.45, 7) is 0. The van der Waals surface area contributed by atoms with Gasteiger partial charge in [0.2, 0.25) is 0 Å². The summed E-state index contributed by atoms with van der Waals surface area (Å²) in [4.78, 5) is 0. The van der Waals surface area contributed by atoms with E-state index in [1.54, 1.807) is 5.57 Å². The van der Waals surface area contributed by atoms with Crippen molar-refractivity contribution in [1.29, 1.82) is 0 Å². The third-order valence-electron chi connectivity index (χ3n) is 4.93. The molecule has 0 heteroatoms. The third-order valence-corrected chi connectivity index (χ3v) is 4.93. The van der Waals surface area contributed by atoms with Crippen molar-refractivity contribution >= 4 is 6.08 Å². The number of benzene rings is 2. The van der Waals surface area contributed by atoms with Crippen LogP contribution < -0.4 is 0 Å². The predicted octanol–water partition coefficient (Wildman–Crippen LogP) is 5.88. The summed E-state index contributed by atoms with van der Waals surface area (Å²) < 4.78 is 0. The van der Waals surface area contributed by atoms with Crippen LogP contribution in [0.2, 0.25) is 0 Å². The molecule has 2 aromatic carbocycles. The van der Waals surface area contributed by atoms with Crippen LogP contribution in [0.3, 0.4) is 0 Å². The van der Waals surface area contributed by atoms with E-state index in [1.165, 1.54) is 54.4 Å². The highest BCUT2D eigenvalue weighted by Gasteiger charge is 2.24. The zero-order chi connectivity index (χ0) is 14.1. The molecule has 1 saturated carbocycles. The first-order valence-electron chi connectivity index (χ1n) is 8.16. The minimum Gasteiger partial charge on any atom is -0.0622 e. The lowest BCUT2D eigenvalue weighted by atomic mass is 9.83. The van der Waals surface area contributed by atoms with Gasteiger partial charge in [-0.3, -0.25) is 0 Å². The van der Waals surface area contributed by atoms with Gasteiger partial charge in [0.1, 0.15) is 0 Å². The highest BCUT2D eigenvalue weighted by Crippen LogP contribution is 2.41. The molecule has 21 heavy (non-hydrogen) atoms. The van der Waals surface area contributed by atoms with Gasteiger partial charge in [-0.2, -0.15) is 0 Å². The van der Waals surface area contributed by atoms with Crippen LogP contribution in [0, 0.1) is 12.3 Å². The first-order chi connectivity index (χ1) is 10.4. The molecule has 0 saturated heterocycles. The lowest BCUT2D eigenvalue weighted by molar-refractivity contribution is 0.408. The lowest BCUT2D eigenvalue weighted by Crippen LogP contribution is -2.08. The van der Waals surface area contributed by atoms with E-state index < -0.39 is 0 Å². The van der Waals surface area contributed by atoms with Gasteiger partial charge in [0.05, 0.1) is 0 Å². The van der Waals surface area contributed by atoms with Crippen LogP contribution in [-0.2, 0) is 0 Å². The smallest absolute Gasteiger partial charge is 0.0167 e. The molecule has 2 aromatic rings. The van der Waals surface area contributed by atoms with Crippen LogP contribution in [-0.4, -0.2) is 0 Å². The second-order valence-electron chi connectivity index (χ2n) is 6.30. The number of allylic oxidation sites excluding steroid dienone is 1. The summed E-state index contributed by atoms with van der Waals surface area (Å²) in [6, 6.07) is 17.5. The number of fused-ring (bicyclic) bond motifs is 1. The van der Waals surface area contributed by atoms with Crippen molar-refractivity contribution in [3.63, 3.8) is 0 Å². The Morgan fingerprint density at radius 2 is 1.57 bits per heavy atom. The second kappa shape index (κ2) is 5.52. The van der Waals surface area contributed by atoms with Crippen LogP contribution in [0.1, 0.15) is 43.2 Å². The summed E-state index contributed by atoms with van der Waals surface area (Å²) in [5.41, 5.74) is 7.08. The van der Waals surface area contributed by atoms with E-state index in [0.29, 0.717) is 0 Å². The Kier molecular flexibility index (Phi) is 3.39. The normalized spacial score (nSPS) is 18.4. The van der Waals surface area contributed by atoms with Gasteiger partial charge in [-0.25, -0.2) is 0 Å². The fraction of sp³-hybridized carbons (Fsp3) is 0.286. The van der Waals surface area contributed by atoms with Gasteiger partial charge in [-0.15, -0.1) is 0 Å². The number of rotatable bonds is 2. The van der Waals surface area contributed by atoms with E-state index in [-0.39, 0.29) is 0 Å². The Hall–Kier alpha value is -1.82. The van der Waals surface area contributed by atoms with Crippen LogP contribution >= 0.6 is 0 Å². The molecule has 1 fully saturated rings. The molecule has 0 heterocycles. The van der Waals surface area contributed by atoms with Gasteiger partial charge in [0.15, 0.2) is 0 Å². The maximum absolute atomic E-state index is 2.45. The van der Waals surface area contributed by atoms with Crippen molar-refractivity contribution in [1.82, 2.24) is 0 Å². The summed E-state index contributed by atoms with van der Waals surface area (Å²) in [5, 5.41) is 0. The van der Waals surface area contributed by atoms with Crippen LogP contribution in [0.25, 0.3) is 17.2 Å². The molecule has 0 unspecified atom stereocenters. The predicted molar refractivity (Wildman–Crippen MR) is 89.8 cm³/mol. The molecule has 0 N–H and O–H groups in total. The maximum Gasteiger partial charge on any atom is 0.0167 e. The van der Waals surface area contributed by atoms with E-state index in [9.17, 15) is 0 Å². The monoisotopic (exact) mass is 273 g/mol. The van der Waals surface area contributed by atoms with Crippen molar-refractivity contribution in [3.05, 3.63) is 71.7 Å². The summed E-state index contributed by atoms with van der Waals surface area (Å²) in [7, 11) is 0. The Labute approximate surface area is 127 Å². The SMILES string of the molecule is [CH]1C(C2CCCCC2)=Cc2c1cccc2-c1ccccc1. The van der Waals surface area contributed by atoms with E-state index in [4.69, 9.17) is 0 Å². The Morgan fingerprint density at radius 1 is 0.762 bits per heavy atom. The molecule has 0 spiro atoms. The zero-order valence-corrected chi connectivity index (χ0v) is 12.4. The maximum atomic E-state index is 2.45. The molecule has 0 amide bonds. The summed E-state index contributed by atoms with van der Waals surface area (Å²) >= 11 is 0. The van der Waals surface area contributed by atoms with Crippen molar-refractivity contribution in [3.8, 4) is 11.1 Å². The van der Waals surface area contributed by atoms with E-state index in [1.807, 2.05) is 0 Å². The average molecular weight is 273 g/mol. The van der Waals surface area contributed by atoms with Crippen molar-refractivity contribution < 1.29 is 0 Å². The molecule has 4 rings (SSSR count). The molecule has 0 atom stereocenters. The van der Waals surface area contributed by atoms with Gasteiger partial charge in [0, 0.05) is 6.42 Å².